The van der Waals surface area contributed by atoms with Gasteiger partial charge in [0.2, 0.25) is 29.4 Å². The van der Waals surface area contributed by atoms with E-state index in [4.69, 9.17) is 14.5 Å². The lowest BCUT2D eigenvalue weighted by atomic mass is 9.94. The average Bonchev–Trinajstić information content (AvgIpc) is 4.05. The molecule has 0 radical (unpaired) electrons. The van der Waals surface area contributed by atoms with Crippen molar-refractivity contribution in [2.75, 3.05) is 33.4 Å². The van der Waals surface area contributed by atoms with Crippen molar-refractivity contribution in [1.82, 2.24) is 35.5 Å². The predicted molar refractivity (Wildman–Crippen MR) is 231 cm³/mol. The van der Waals surface area contributed by atoms with Crippen LogP contribution in [0.25, 0.3) is 6.08 Å². The van der Waals surface area contributed by atoms with E-state index in [0.29, 0.717) is 35.5 Å². The zero-order chi connectivity index (χ0) is 46.9. The monoisotopic (exact) mass is 929 g/mol. The maximum Gasteiger partial charge on any atom is 0.334 e. The normalized spacial score (nSPS) is 25.7. The molecule has 64 heavy (non-hydrogen) atoms. The smallest absolute Gasteiger partial charge is 0.334 e. The Labute approximate surface area is 375 Å². The summed E-state index contributed by atoms with van der Waals surface area (Å²) in [5.41, 5.74) is 1.92. The first kappa shape index (κ1) is 49.5. The van der Waals surface area contributed by atoms with Crippen LogP contribution in [-0.4, -0.2) is 138 Å². The summed E-state index contributed by atoms with van der Waals surface area (Å²) in [7, 11) is -3.64. The molecule has 0 spiro atoms. The van der Waals surface area contributed by atoms with Crippen LogP contribution in [0.5, 0.6) is 5.75 Å². The largest absolute Gasteiger partial charge is 0.508 e. The Morgan fingerprint density at radius 2 is 1.75 bits per heavy atom. The third kappa shape index (κ3) is 12.8. The lowest BCUT2D eigenvalue weighted by Crippen LogP contribution is -2.60. The summed E-state index contributed by atoms with van der Waals surface area (Å²) in [6.45, 7) is 5.62. The molecule has 0 saturated carbocycles. The molecule has 2 saturated heterocycles. The Balaban J connectivity index is 1.48. The van der Waals surface area contributed by atoms with Gasteiger partial charge in [-0.15, -0.1) is 11.3 Å². The van der Waals surface area contributed by atoms with Crippen LogP contribution in [0.15, 0.2) is 46.9 Å². The van der Waals surface area contributed by atoms with Crippen LogP contribution in [-0.2, 0) is 59.8 Å². The third-order valence-corrected chi connectivity index (χ3v) is 12.8. The van der Waals surface area contributed by atoms with Crippen molar-refractivity contribution >= 4 is 69.0 Å². The molecule has 1 unspecified atom stereocenters. The summed E-state index contributed by atoms with van der Waals surface area (Å²) in [5.74, 6) is -6.43. The number of methoxy groups -OCH3 is 1. The van der Waals surface area contributed by atoms with Crippen molar-refractivity contribution in [2.24, 2.45) is 5.92 Å². The van der Waals surface area contributed by atoms with Crippen molar-refractivity contribution in [3.05, 3.63) is 63.1 Å². The first-order chi connectivity index (χ1) is 30.3. The highest BCUT2D eigenvalue weighted by atomic mass is 32.2. The number of aromatic nitrogens is 1. The van der Waals surface area contributed by atoms with Crippen molar-refractivity contribution < 1.29 is 61.1 Å². The Kier molecular flexibility index (Phi) is 16.9. The third-order valence-electron chi connectivity index (χ3n) is 11.3. The van der Waals surface area contributed by atoms with E-state index in [-0.39, 0.29) is 43.7 Å². The Hall–Kier alpha value is -5.55. The second-order valence-electron chi connectivity index (χ2n) is 16.1. The highest BCUT2D eigenvalue weighted by Gasteiger charge is 2.43. The number of nitrogens with one attached hydrogen (secondary N) is 4. The number of thiazole rings is 1. The zero-order valence-electron chi connectivity index (χ0n) is 36.2. The van der Waals surface area contributed by atoms with Crippen molar-refractivity contribution in [2.45, 2.75) is 102 Å². The number of cyclic esters (lactones) is 1. The number of aromatic hydroxyl groups is 1. The minimum atomic E-state index is -4.86. The molecule has 2 bridgehead atoms. The van der Waals surface area contributed by atoms with Crippen molar-refractivity contribution in [1.29, 1.82) is 0 Å². The number of allylic oxidation sites excluding steroid dienone is 2. The number of Topliss-reactive ketones (excluding diaryl/α,β-unsaturated/α-hetero) is 1. The number of fused-ring (bicyclic) bond motifs is 3. The second kappa shape index (κ2) is 21.9. The van der Waals surface area contributed by atoms with Crippen molar-refractivity contribution in [3.63, 3.8) is 0 Å². The SMILES string of the molecule is CC[C@@H](C)[C@@H]1NC(=O)C2CCCN2C(=O)[C@H](NC(=O)[C@H]2CCCN2C(=O)[C@@H](COC)NS(=O)(=O)O)COC(=O)/C(C)=C/C(C)=C\c2csc(n2)[C@H](Cc2ccc(O)cc2)NC(=O)C1=O. The molecule has 1 aromatic carbocycles. The van der Waals surface area contributed by atoms with Gasteiger partial charge < -0.3 is 40.3 Å². The number of ketones is 1. The number of nitrogens with zero attached hydrogens (tertiary/aromatic N) is 3. The lowest BCUT2D eigenvalue weighted by Gasteiger charge is -2.32. The molecule has 1 aromatic heterocycles. The van der Waals surface area contributed by atoms with E-state index >= 15 is 0 Å². The van der Waals surface area contributed by atoms with E-state index in [1.54, 1.807) is 49.1 Å². The number of phenols is 1. The number of esters is 1. The first-order valence-electron chi connectivity index (χ1n) is 20.9. The molecular formula is C42H55N7O13S2. The summed E-state index contributed by atoms with van der Waals surface area (Å²) >= 11 is 1.24. The van der Waals surface area contributed by atoms with Gasteiger partial charge in [-0.3, -0.25) is 33.3 Å². The number of rotatable bonds is 11. The van der Waals surface area contributed by atoms with Gasteiger partial charge in [0.15, 0.2) is 0 Å². The fourth-order valence-corrected chi connectivity index (χ4v) is 9.17. The van der Waals surface area contributed by atoms with E-state index in [1.165, 1.54) is 48.5 Å². The fourth-order valence-electron chi connectivity index (χ4n) is 7.82. The van der Waals surface area contributed by atoms with Crippen LogP contribution < -0.4 is 20.7 Å². The molecule has 2 aromatic rings. The van der Waals surface area contributed by atoms with Gasteiger partial charge in [-0.25, -0.2) is 9.78 Å². The number of carbonyl (C=O) groups excluding carboxylic acids is 7. The predicted octanol–water partition coefficient (Wildman–Crippen LogP) is 1.13. The molecule has 0 aliphatic carbocycles. The van der Waals surface area contributed by atoms with Gasteiger partial charge in [0, 0.05) is 31.2 Å². The number of benzene rings is 1. The molecule has 3 aliphatic rings. The minimum absolute atomic E-state index is 0.0263. The molecule has 5 rings (SSSR count). The van der Waals surface area contributed by atoms with Crippen LogP contribution in [0.2, 0.25) is 0 Å². The van der Waals surface area contributed by atoms with E-state index in [0.717, 1.165) is 10.5 Å². The topological polar surface area (TPSA) is 280 Å². The highest BCUT2D eigenvalue weighted by molar-refractivity contribution is 7.83. The highest BCUT2D eigenvalue weighted by Crippen LogP contribution is 2.27. The summed E-state index contributed by atoms with van der Waals surface area (Å²) in [5, 5.41) is 20.2. The Morgan fingerprint density at radius 1 is 1.05 bits per heavy atom. The number of ether oxygens (including phenoxy) is 2. The minimum Gasteiger partial charge on any atom is -0.508 e. The number of hydrogen-bond acceptors (Lipinski definition) is 14. The number of amides is 5. The summed E-state index contributed by atoms with van der Waals surface area (Å²) in [6.07, 6.45) is 4.76. The van der Waals surface area contributed by atoms with Crippen LogP contribution in [0.1, 0.15) is 82.1 Å². The molecule has 3 aliphatic heterocycles. The van der Waals surface area contributed by atoms with E-state index < -0.39 is 107 Å². The molecule has 6 N–H and O–H groups in total. The number of phenolic OH excluding ortho intramolecular Hbond substituents is 1. The Morgan fingerprint density at radius 3 is 2.42 bits per heavy atom. The molecular weight excluding hydrogens is 875 g/mol. The number of carbonyl (C=O) groups is 7. The van der Waals surface area contributed by atoms with Crippen LogP contribution >= 0.6 is 11.3 Å². The lowest BCUT2D eigenvalue weighted by molar-refractivity contribution is -0.149. The van der Waals surface area contributed by atoms with E-state index in [2.05, 4.69) is 16.0 Å². The summed E-state index contributed by atoms with van der Waals surface area (Å²) < 4.78 is 45.0. The Bertz CT molecular complexity index is 2260. The molecule has 4 heterocycles. The van der Waals surface area contributed by atoms with Gasteiger partial charge in [-0.2, -0.15) is 13.1 Å². The van der Waals surface area contributed by atoms with E-state index in [1.807, 2.05) is 0 Å². The molecule has 20 nitrogen and oxygen atoms in total. The quantitative estimate of drug-likeness (QED) is 0.105. The summed E-state index contributed by atoms with van der Waals surface area (Å²) in [6, 6.07) is -1.27. The summed E-state index contributed by atoms with van der Waals surface area (Å²) in [4.78, 5) is 104. The number of hydrogen-bond donors (Lipinski definition) is 6. The van der Waals surface area contributed by atoms with Crippen LogP contribution in [0.3, 0.4) is 0 Å². The van der Waals surface area contributed by atoms with Gasteiger partial charge in [-0.05, 0) is 87.3 Å². The van der Waals surface area contributed by atoms with Gasteiger partial charge in [-0.1, -0.05) is 32.4 Å². The van der Waals surface area contributed by atoms with Gasteiger partial charge in [0.25, 0.3) is 5.91 Å². The number of likely N-dealkylation sites (tertiary alicyclic amines) is 1. The zero-order valence-corrected chi connectivity index (χ0v) is 37.8. The standard InChI is InChI=1S/C42H55N7O13S2/c1-6-24(3)34-35(51)38(54)44-29(19-26-11-13-28(50)14-12-26)39-43-27(22-63-39)18-23(2)17-25(4)42(57)62-21-30(40(55)48-15-8-10-33(48)37(53)46-34)45-36(52)32-9-7-16-49(32)41(56)31(20-61-5)47-64(58,59)60/h11-14,17-18,22,24,29-34,47,50H,6-10,15-16,19-21H2,1-5H3,(H,44,54)(H,45,52)(H,46,53)(H,58,59,60)/b23-18-,25-17+/t24-,29+,30-,31-,32-,33?,34+/m1/s1. The van der Waals surface area contributed by atoms with Crippen LogP contribution in [0.4, 0.5) is 0 Å². The molecule has 2 fully saturated rings. The molecule has 7 atom stereocenters. The van der Waals surface area contributed by atoms with Crippen molar-refractivity contribution in [3.8, 4) is 5.75 Å². The van der Waals surface area contributed by atoms with Gasteiger partial charge in [0.05, 0.1) is 24.4 Å². The fraction of sp³-hybridized carbons (Fsp3) is 0.524. The molecule has 348 valence electrons. The maximum atomic E-state index is 14.5. The van der Waals surface area contributed by atoms with Gasteiger partial charge in [0.1, 0.15) is 41.5 Å². The maximum absolute atomic E-state index is 14.5. The molecule has 5 amide bonds. The average molecular weight is 930 g/mol. The second-order valence-corrected chi connectivity index (χ2v) is 18.2. The van der Waals surface area contributed by atoms with Gasteiger partial charge >= 0.3 is 16.3 Å². The van der Waals surface area contributed by atoms with E-state index in [9.17, 15) is 51.6 Å². The van der Waals surface area contributed by atoms with Crippen LogP contribution in [0, 0.1) is 5.92 Å². The molecule has 22 heteroatoms. The first-order valence-corrected chi connectivity index (χ1v) is 23.2.